The molecule has 0 spiro atoms. The van der Waals surface area contributed by atoms with E-state index in [1.54, 1.807) is 14.0 Å². The minimum Gasteiger partial charge on any atom is -0.356 e. The Morgan fingerprint density at radius 3 is 2.17 bits per heavy atom. The van der Waals surface area contributed by atoms with Gasteiger partial charge >= 0.3 is 0 Å². The van der Waals surface area contributed by atoms with Crippen LogP contribution in [0.2, 0.25) is 0 Å². The summed E-state index contributed by atoms with van der Waals surface area (Å²) in [5.41, 5.74) is 3.83. The average molecular weight is 468 g/mol. The average Bonchev–Trinajstić information content (AvgIpc) is 2.48. The van der Waals surface area contributed by atoms with E-state index in [4.69, 9.17) is 0 Å². The molecule has 0 atom stereocenters. The smallest absolute Gasteiger partial charge is 0.211 e. The van der Waals surface area contributed by atoms with Crippen molar-refractivity contribution in [2.75, 3.05) is 32.4 Å². The first-order chi connectivity index (χ1) is 10.9. The van der Waals surface area contributed by atoms with E-state index >= 15 is 0 Å². The van der Waals surface area contributed by atoms with Gasteiger partial charge in [0.2, 0.25) is 10.0 Å². The lowest BCUT2D eigenvalue weighted by atomic mass is 10.1. The van der Waals surface area contributed by atoms with E-state index in [1.165, 1.54) is 16.7 Å². The molecule has 0 unspecified atom stereocenters. The van der Waals surface area contributed by atoms with E-state index in [9.17, 15) is 8.42 Å². The van der Waals surface area contributed by atoms with Crippen molar-refractivity contribution in [1.82, 2.24) is 15.4 Å². The van der Waals surface area contributed by atoms with Gasteiger partial charge in [-0.25, -0.2) is 13.1 Å². The fourth-order valence-corrected chi connectivity index (χ4v) is 2.87. The molecule has 0 aromatic heterocycles. The molecule has 138 valence electrons. The molecule has 0 saturated carbocycles. The molecular weight excluding hydrogens is 439 g/mol. The van der Waals surface area contributed by atoms with Crippen LogP contribution < -0.4 is 15.4 Å². The van der Waals surface area contributed by atoms with Crippen molar-refractivity contribution in [3.63, 3.8) is 0 Å². The maximum atomic E-state index is 11.3. The van der Waals surface area contributed by atoms with Gasteiger partial charge in [0, 0.05) is 26.7 Å². The molecule has 0 aliphatic rings. The second-order valence-electron chi connectivity index (χ2n) is 5.47. The molecule has 0 amide bonds. The summed E-state index contributed by atoms with van der Waals surface area (Å²) in [5.74, 6) is 0.765. The van der Waals surface area contributed by atoms with Crippen LogP contribution in [0.3, 0.4) is 0 Å². The Kier molecular flexibility index (Phi) is 11.2. The van der Waals surface area contributed by atoms with Gasteiger partial charge in [0.15, 0.2) is 5.96 Å². The van der Waals surface area contributed by atoms with Gasteiger partial charge in [-0.1, -0.05) is 29.3 Å². The number of guanidine groups is 1. The van der Waals surface area contributed by atoms with Crippen LogP contribution >= 0.6 is 24.0 Å². The molecule has 0 heterocycles. The van der Waals surface area contributed by atoms with E-state index in [2.05, 4.69) is 52.4 Å². The minimum absolute atomic E-state index is 0. The summed E-state index contributed by atoms with van der Waals surface area (Å²) in [6.07, 6.45) is 0.908. The Balaban J connectivity index is 0.00000529. The quantitative estimate of drug-likeness (QED) is 0.234. The Morgan fingerprint density at radius 1 is 1.04 bits per heavy atom. The van der Waals surface area contributed by atoms with E-state index in [1.807, 2.05) is 0 Å². The summed E-state index contributed by atoms with van der Waals surface area (Å²) in [7, 11) is -1.44. The van der Waals surface area contributed by atoms with Crippen LogP contribution in [-0.4, -0.2) is 46.8 Å². The first-order valence-electron chi connectivity index (χ1n) is 7.85. The first-order valence-corrected chi connectivity index (χ1v) is 9.50. The van der Waals surface area contributed by atoms with Crippen LogP contribution in [0, 0.1) is 13.8 Å². The third kappa shape index (κ3) is 9.43. The molecule has 0 fully saturated rings. The van der Waals surface area contributed by atoms with Gasteiger partial charge in [0.05, 0.1) is 5.75 Å². The van der Waals surface area contributed by atoms with Gasteiger partial charge in [0.1, 0.15) is 0 Å². The van der Waals surface area contributed by atoms with E-state index in [-0.39, 0.29) is 29.7 Å². The maximum absolute atomic E-state index is 11.3. The SMILES string of the molecule is CCS(=O)(=O)NCCNC(=NC)NCCc1cc(C)cc(C)c1.I. The molecule has 0 radical (unpaired) electrons. The predicted molar refractivity (Wildman–Crippen MR) is 112 cm³/mol. The van der Waals surface area contributed by atoms with Crippen LogP contribution in [0.15, 0.2) is 23.2 Å². The number of halogens is 1. The molecule has 1 aromatic carbocycles. The van der Waals surface area contributed by atoms with Gasteiger partial charge in [-0.2, -0.15) is 0 Å². The number of benzene rings is 1. The monoisotopic (exact) mass is 468 g/mol. The lowest BCUT2D eigenvalue weighted by Gasteiger charge is -2.12. The third-order valence-electron chi connectivity index (χ3n) is 3.33. The molecule has 0 bridgehead atoms. The Labute approximate surface area is 163 Å². The van der Waals surface area contributed by atoms with Crippen molar-refractivity contribution >= 4 is 40.0 Å². The number of rotatable bonds is 8. The van der Waals surface area contributed by atoms with Gasteiger partial charge in [-0.05, 0) is 32.8 Å². The fraction of sp³-hybridized carbons (Fsp3) is 0.562. The van der Waals surface area contributed by atoms with Crippen molar-refractivity contribution in [2.24, 2.45) is 4.99 Å². The second-order valence-corrected chi connectivity index (χ2v) is 7.57. The standard InChI is InChI=1S/C16H28N4O2S.HI/c1-5-23(21,22)20-9-8-19-16(17-4)18-7-6-15-11-13(2)10-14(3)12-15;/h10-12,20H,5-9H2,1-4H3,(H2,17,18,19);1H. The zero-order valence-corrected chi connectivity index (χ0v) is 18.0. The topological polar surface area (TPSA) is 82.6 Å². The molecule has 8 heteroatoms. The van der Waals surface area contributed by atoms with Gasteiger partial charge in [0.25, 0.3) is 0 Å². The number of aryl methyl sites for hydroxylation is 2. The fourth-order valence-electron chi connectivity index (χ4n) is 2.25. The summed E-state index contributed by atoms with van der Waals surface area (Å²) >= 11 is 0. The lowest BCUT2D eigenvalue weighted by Crippen LogP contribution is -2.42. The molecular formula is C16H29IN4O2S. The molecule has 1 aromatic rings. The van der Waals surface area contributed by atoms with Crippen LogP contribution in [0.5, 0.6) is 0 Å². The van der Waals surface area contributed by atoms with Crippen LogP contribution in [0.25, 0.3) is 0 Å². The van der Waals surface area contributed by atoms with E-state index < -0.39 is 10.0 Å². The summed E-state index contributed by atoms with van der Waals surface area (Å²) in [5, 5.41) is 6.32. The van der Waals surface area contributed by atoms with Crippen molar-refractivity contribution in [3.8, 4) is 0 Å². The summed E-state index contributed by atoms with van der Waals surface area (Å²) in [6, 6.07) is 6.53. The van der Waals surface area contributed by atoms with E-state index in [0.717, 1.165) is 13.0 Å². The van der Waals surface area contributed by atoms with E-state index in [0.29, 0.717) is 19.0 Å². The molecule has 24 heavy (non-hydrogen) atoms. The molecule has 0 aliphatic carbocycles. The number of nitrogens with one attached hydrogen (secondary N) is 3. The largest absolute Gasteiger partial charge is 0.356 e. The Bertz CT molecular complexity index is 613. The zero-order valence-electron chi connectivity index (χ0n) is 14.8. The summed E-state index contributed by atoms with van der Waals surface area (Å²) in [6.45, 7) is 7.41. The highest BCUT2D eigenvalue weighted by Crippen LogP contribution is 2.08. The maximum Gasteiger partial charge on any atom is 0.211 e. The number of hydrogen-bond acceptors (Lipinski definition) is 3. The van der Waals surface area contributed by atoms with Gasteiger partial charge in [-0.3, -0.25) is 4.99 Å². The predicted octanol–water partition coefficient (Wildman–Crippen LogP) is 1.57. The number of hydrogen-bond donors (Lipinski definition) is 3. The molecule has 6 nitrogen and oxygen atoms in total. The van der Waals surface area contributed by atoms with Crippen LogP contribution in [0.1, 0.15) is 23.6 Å². The molecule has 1 rings (SSSR count). The molecule has 0 aliphatic heterocycles. The van der Waals surface area contributed by atoms with Crippen molar-refractivity contribution in [2.45, 2.75) is 27.2 Å². The van der Waals surface area contributed by atoms with Crippen LogP contribution in [0.4, 0.5) is 0 Å². The highest BCUT2D eigenvalue weighted by molar-refractivity contribution is 14.0. The highest BCUT2D eigenvalue weighted by Gasteiger charge is 2.05. The molecule has 0 saturated heterocycles. The van der Waals surface area contributed by atoms with Crippen molar-refractivity contribution in [3.05, 3.63) is 34.9 Å². The Hall–Kier alpha value is -0.870. The number of nitrogens with zero attached hydrogens (tertiary/aromatic N) is 1. The van der Waals surface area contributed by atoms with Crippen molar-refractivity contribution < 1.29 is 8.42 Å². The number of sulfonamides is 1. The Morgan fingerprint density at radius 2 is 1.62 bits per heavy atom. The molecule has 3 N–H and O–H groups in total. The summed E-state index contributed by atoms with van der Waals surface area (Å²) in [4.78, 5) is 4.13. The third-order valence-corrected chi connectivity index (χ3v) is 4.73. The summed E-state index contributed by atoms with van der Waals surface area (Å²) < 4.78 is 25.1. The zero-order chi connectivity index (χ0) is 17.3. The van der Waals surface area contributed by atoms with Gasteiger partial charge < -0.3 is 10.6 Å². The van der Waals surface area contributed by atoms with Crippen LogP contribution in [-0.2, 0) is 16.4 Å². The minimum atomic E-state index is -3.14. The normalized spacial score (nSPS) is 11.8. The lowest BCUT2D eigenvalue weighted by molar-refractivity contribution is 0.582. The van der Waals surface area contributed by atoms with Crippen molar-refractivity contribution in [1.29, 1.82) is 0 Å². The number of aliphatic imine (C=N–C) groups is 1. The first kappa shape index (κ1) is 23.1. The van der Waals surface area contributed by atoms with Gasteiger partial charge in [-0.15, -0.1) is 24.0 Å². The second kappa shape index (κ2) is 11.6. The highest BCUT2D eigenvalue weighted by atomic mass is 127.